The van der Waals surface area contributed by atoms with Gasteiger partial charge in [-0.15, -0.1) is 11.8 Å². The Bertz CT molecular complexity index is 672. The van der Waals surface area contributed by atoms with Gasteiger partial charge in [-0.25, -0.2) is 0 Å². The Morgan fingerprint density at radius 3 is 2.42 bits per heavy atom. The van der Waals surface area contributed by atoms with Gasteiger partial charge < -0.3 is 4.90 Å². The summed E-state index contributed by atoms with van der Waals surface area (Å²) in [5.41, 5.74) is 0.622. The van der Waals surface area contributed by atoms with Gasteiger partial charge in [0.2, 0.25) is 17.7 Å². The molecule has 3 rings (SSSR count). The quantitative estimate of drug-likeness (QED) is 0.588. The summed E-state index contributed by atoms with van der Waals surface area (Å²) in [5.74, 6) is -0.601. The predicted molar refractivity (Wildman–Crippen MR) is 89.5 cm³/mol. The topological polar surface area (TPSA) is 83.6 Å². The normalized spacial score (nSPS) is 19.9. The molecule has 2 fully saturated rings. The molecule has 1 saturated heterocycles. The van der Waals surface area contributed by atoms with Crippen LogP contribution in [0.25, 0.3) is 0 Å². The number of carbonyl (C=O) groups excluding carboxylic acids is 4. The maximum Gasteiger partial charge on any atom is 0.249 e. The van der Waals surface area contributed by atoms with Crippen molar-refractivity contribution in [2.45, 2.75) is 31.3 Å². The van der Waals surface area contributed by atoms with Crippen molar-refractivity contribution in [1.29, 1.82) is 0 Å². The van der Waals surface area contributed by atoms with E-state index in [1.54, 1.807) is 29.2 Å². The zero-order valence-corrected chi connectivity index (χ0v) is 13.9. The fourth-order valence-corrected chi connectivity index (χ4v) is 3.54. The van der Waals surface area contributed by atoms with Crippen LogP contribution >= 0.6 is 11.8 Å². The van der Waals surface area contributed by atoms with Crippen LogP contribution in [0.5, 0.6) is 0 Å². The van der Waals surface area contributed by atoms with Crippen LogP contribution in [0.15, 0.2) is 30.3 Å². The monoisotopic (exact) mass is 346 g/mol. The molecule has 0 radical (unpaired) electrons. The number of nitrogens with zero attached hydrogens (tertiary/aromatic N) is 1. The first-order chi connectivity index (χ1) is 11.6. The Balaban J connectivity index is 1.54. The maximum absolute atomic E-state index is 12.5. The number of amides is 3. The van der Waals surface area contributed by atoms with Crippen LogP contribution in [0, 0.1) is 0 Å². The SMILES string of the molecule is O=C1C[C@@H](N(C(=O)CSCC(=O)c2ccccc2)C2CC2)C(=O)N1. The van der Waals surface area contributed by atoms with Crippen LogP contribution in [0.3, 0.4) is 0 Å². The van der Waals surface area contributed by atoms with Gasteiger partial charge in [0.05, 0.1) is 17.9 Å². The summed E-state index contributed by atoms with van der Waals surface area (Å²) >= 11 is 1.24. The van der Waals surface area contributed by atoms with E-state index in [-0.39, 0.29) is 41.6 Å². The summed E-state index contributed by atoms with van der Waals surface area (Å²) in [7, 11) is 0. The van der Waals surface area contributed by atoms with Crippen molar-refractivity contribution >= 4 is 35.3 Å². The molecule has 1 aromatic carbocycles. The fraction of sp³-hybridized carbons (Fsp3) is 0.412. The Labute approximate surface area is 144 Å². The van der Waals surface area contributed by atoms with E-state index in [1.807, 2.05) is 6.07 Å². The Kier molecular flexibility index (Phi) is 4.99. The first kappa shape index (κ1) is 16.7. The lowest BCUT2D eigenvalue weighted by molar-refractivity contribution is -0.137. The summed E-state index contributed by atoms with van der Waals surface area (Å²) in [5, 5.41) is 2.25. The molecule has 7 heteroatoms. The maximum atomic E-state index is 12.5. The number of hydrogen-bond acceptors (Lipinski definition) is 5. The van der Waals surface area contributed by atoms with Crippen LogP contribution in [-0.4, -0.2) is 52.0 Å². The van der Waals surface area contributed by atoms with E-state index in [4.69, 9.17) is 0 Å². The van der Waals surface area contributed by atoms with Gasteiger partial charge in [0.1, 0.15) is 6.04 Å². The van der Waals surface area contributed by atoms with Crippen LogP contribution in [0.1, 0.15) is 29.6 Å². The first-order valence-electron chi connectivity index (χ1n) is 7.87. The minimum absolute atomic E-state index is 0.0276. The number of nitrogens with one attached hydrogen (secondary N) is 1. The highest BCUT2D eigenvalue weighted by molar-refractivity contribution is 8.00. The number of benzene rings is 1. The zero-order valence-electron chi connectivity index (χ0n) is 13.1. The van der Waals surface area contributed by atoms with Gasteiger partial charge in [0.25, 0.3) is 0 Å². The molecule has 1 atom stereocenters. The molecule has 2 aliphatic rings. The summed E-state index contributed by atoms with van der Waals surface area (Å²) < 4.78 is 0. The van der Waals surface area contributed by atoms with E-state index < -0.39 is 11.9 Å². The molecule has 1 aliphatic heterocycles. The fourth-order valence-electron chi connectivity index (χ4n) is 2.76. The second-order valence-electron chi connectivity index (χ2n) is 5.95. The summed E-state index contributed by atoms with van der Waals surface area (Å²) in [4.78, 5) is 49.3. The molecule has 6 nitrogen and oxygen atoms in total. The van der Waals surface area contributed by atoms with Crippen molar-refractivity contribution in [2.24, 2.45) is 0 Å². The third-order valence-corrected chi connectivity index (χ3v) is 4.98. The number of ketones is 1. The highest BCUT2D eigenvalue weighted by Gasteiger charge is 2.44. The van der Waals surface area contributed by atoms with Gasteiger partial charge in [-0.05, 0) is 12.8 Å². The van der Waals surface area contributed by atoms with E-state index in [0.717, 1.165) is 12.8 Å². The highest BCUT2D eigenvalue weighted by Crippen LogP contribution is 2.31. The highest BCUT2D eigenvalue weighted by atomic mass is 32.2. The van der Waals surface area contributed by atoms with Crippen LogP contribution in [-0.2, 0) is 14.4 Å². The second kappa shape index (κ2) is 7.17. The van der Waals surface area contributed by atoms with Crippen molar-refractivity contribution in [1.82, 2.24) is 10.2 Å². The van der Waals surface area contributed by atoms with E-state index in [9.17, 15) is 19.2 Å². The molecule has 0 aromatic heterocycles. The van der Waals surface area contributed by atoms with E-state index in [1.165, 1.54) is 11.8 Å². The molecule has 3 amide bonds. The average Bonchev–Trinajstić information content (AvgIpc) is 3.34. The lowest BCUT2D eigenvalue weighted by Crippen LogP contribution is -2.46. The molecular weight excluding hydrogens is 328 g/mol. The average molecular weight is 346 g/mol. The number of imide groups is 1. The van der Waals surface area contributed by atoms with Crippen molar-refractivity contribution in [2.75, 3.05) is 11.5 Å². The molecule has 1 N–H and O–H groups in total. The number of carbonyl (C=O) groups is 4. The van der Waals surface area contributed by atoms with Gasteiger partial charge >= 0.3 is 0 Å². The standard InChI is InChI=1S/C17H18N2O4S/c20-14(11-4-2-1-3-5-11)9-24-10-16(22)19(12-6-7-12)13-8-15(21)18-17(13)23/h1-5,12-13H,6-10H2,(H,18,21,23)/t13-/m1/s1. The minimum atomic E-state index is -0.692. The van der Waals surface area contributed by atoms with Gasteiger partial charge in [0, 0.05) is 11.6 Å². The van der Waals surface area contributed by atoms with E-state index in [2.05, 4.69) is 5.32 Å². The molecule has 24 heavy (non-hydrogen) atoms. The Hall–Kier alpha value is -2.15. The number of rotatable bonds is 7. The molecule has 1 aliphatic carbocycles. The van der Waals surface area contributed by atoms with Crippen molar-refractivity contribution in [3.8, 4) is 0 Å². The molecule has 126 valence electrons. The van der Waals surface area contributed by atoms with Gasteiger partial charge in [-0.2, -0.15) is 0 Å². The summed E-state index contributed by atoms with van der Waals surface area (Å²) in [6, 6.07) is 8.29. The smallest absolute Gasteiger partial charge is 0.249 e. The molecule has 0 bridgehead atoms. The molecule has 1 aromatic rings. The third kappa shape index (κ3) is 3.84. The second-order valence-corrected chi connectivity index (χ2v) is 6.93. The van der Waals surface area contributed by atoms with Crippen molar-refractivity contribution in [3.63, 3.8) is 0 Å². The number of thioether (sulfide) groups is 1. The molecule has 0 unspecified atom stereocenters. The summed E-state index contributed by atoms with van der Waals surface area (Å²) in [6.07, 6.45) is 1.75. The largest absolute Gasteiger partial charge is 0.326 e. The van der Waals surface area contributed by atoms with Crippen molar-refractivity contribution in [3.05, 3.63) is 35.9 Å². The summed E-state index contributed by atoms with van der Waals surface area (Å²) in [6.45, 7) is 0. The zero-order chi connectivity index (χ0) is 17.1. The lowest BCUT2D eigenvalue weighted by Gasteiger charge is -2.26. The van der Waals surface area contributed by atoms with Crippen molar-refractivity contribution < 1.29 is 19.2 Å². The molecule has 1 heterocycles. The van der Waals surface area contributed by atoms with Gasteiger partial charge in [0.15, 0.2) is 5.78 Å². The third-order valence-electron chi connectivity index (χ3n) is 4.06. The number of hydrogen-bond donors (Lipinski definition) is 1. The molecule has 0 spiro atoms. The predicted octanol–water partition coefficient (Wildman–Crippen LogP) is 1.01. The Morgan fingerprint density at radius 1 is 1.12 bits per heavy atom. The minimum Gasteiger partial charge on any atom is -0.326 e. The van der Waals surface area contributed by atoms with Crippen LogP contribution in [0.2, 0.25) is 0 Å². The van der Waals surface area contributed by atoms with Gasteiger partial charge in [-0.1, -0.05) is 30.3 Å². The van der Waals surface area contributed by atoms with Crippen LogP contribution < -0.4 is 5.32 Å². The first-order valence-corrected chi connectivity index (χ1v) is 9.02. The van der Waals surface area contributed by atoms with Crippen LogP contribution in [0.4, 0.5) is 0 Å². The lowest BCUT2D eigenvalue weighted by atomic mass is 10.2. The number of Topliss-reactive ketones (excluding diaryl/α,β-unsaturated/α-hetero) is 1. The van der Waals surface area contributed by atoms with E-state index >= 15 is 0 Å². The molecular formula is C17H18N2O4S. The van der Waals surface area contributed by atoms with E-state index in [0.29, 0.717) is 5.56 Å². The van der Waals surface area contributed by atoms with Gasteiger partial charge in [-0.3, -0.25) is 24.5 Å². The molecule has 1 saturated carbocycles. The Morgan fingerprint density at radius 2 is 1.83 bits per heavy atom.